The summed E-state index contributed by atoms with van der Waals surface area (Å²) < 4.78 is 0. The Morgan fingerprint density at radius 2 is 1.83 bits per heavy atom. The van der Waals surface area contributed by atoms with Gasteiger partial charge in [-0.25, -0.2) is 0 Å². The van der Waals surface area contributed by atoms with E-state index in [1.54, 1.807) is 37.6 Å². The van der Waals surface area contributed by atoms with E-state index in [1.165, 1.54) is 0 Å². The van der Waals surface area contributed by atoms with Gasteiger partial charge in [-0.15, -0.1) is 0 Å². The second kappa shape index (κ2) is 7.93. The summed E-state index contributed by atoms with van der Waals surface area (Å²) in [7, 11) is 0. The summed E-state index contributed by atoms with van der Waals surface area (Å²) in [5.74, 6) is 0.0711. The smallest absolute Gasteiger partial charge is 0.190 e. The number of aliphatic imine (C=N–C) groups is 1. The van der Waals surface area contributed by atoms with Crippen LogP contribution in [0.3, 0.4) is 0 Å². The van der Waals surface area contributed by atoms with Crippen molar-refractivity contribution < 1.29 is 9.90 Å². The number of hydrogen-bond donors (Lipinski definition) is 1. The minimum Gasteiger partial charge on any atom is -0.508 e. The third-order valence-corrected chi connectivity index (χ3v) is 5.24. The maximum atomic E-state index is 12.6. The highest BCUT2D eigenvalue weighted by atomic mass is 16.3. The predicted molar refractivity (Wildman–Crippen MR) is 111 cm³/mol. The van der Waals surface area contributed by atoms with Crippen LogP contribution in [0.1, 0.15) is 23.7 Å². The molecule has 6 nitrogen and oxygen atoms in total. The summed E-state index contributed by atoms with van der Waals surface area (Å²) in [6.07, 6.45) is 5.58. The summed E-state index contributed by atoms with van der Waals surface area (Å²) in [4.78, 5) is 28.1. The van der Waals surface area contributed by atoms with E-state index < -0.39 is 5.66 Å². The van der Waals surface area contributed by atoms with E-state index in [-0.39, 0.29) is 18.1 Å². The fourth-order valence-corrected chi connectivity index (χ4v) is 3.76. The van der Waals surface area contributed by atoms with Crippen molar-refractivity contribution in [1.29, 1.82) is 0 Å². The fourth-order valence-electron chi connectivity index (χ4n) is 3.76. The van der Waals surface area contributed by atoms with Crippen molar-refractivity contribution in [2.45, 2.75) is 19.0 Å². The van der Waals surface area contributed by atoms with Gasteiger partial charge in [-0.1, -0.05) is 48.5 Å². The van der Waals surface area contributed by atoms with E-state index in [2.05, 4.69) is 22.1 Å². The molecule has 1 aliphatic heterocycles. The summed E-state index contributed by atoms with van der Waals surface area (Å²) in [5.41, 5.74) is 1.61. The van der Waals surface area contributed by atoms with Crippen LogP contribution in [0.5, 0.6) is 5.75 Å². The quantitative estimate of drug-likeness (QED) is 0.729. The molecule has 0 bridgehead atoms. The van der Waals surface area contributed by atoms with E-state index >= 15 is 0 Å². The molecule has 1 unspecified atom stereocenters. The van der Waals surface area contributed by atoms with Gasteiger partial charge in [-0.2, -0.15) is 0 Å². The second-order valence-electron chi connectivity index (χ2n) is 7.06. The molecular formula is C23H22N4O2. The lowest BCUT2D eigenvalue weighted by atomic mass is 9.90. The van der Waals surface area contributed by atoms with Gasteiger partial charge in [-0.05, 0) is 25.0 Å². The molecule has 2 aromatic carbocycles. The highest BCUT2D eigenvalue weighted by Crippen LogP contribution is 2.42. The van der Waals surface area contributed by atoms with E-state index in [9.17, 15) is 9.90 Å². The van der Waals surface area contributed by atoms with Crippen LogP contribution in [-0.2, 0) is 16.9 Å². The molecule has 0 saturated heterocycles. The van der Waals surface area contributed by atoms with Crippen molar-refractivity contribution in [3.63, 3.8) is 0 Å². The molecule has 0 saturated carbocycles. The van der Waals surface area contributed by atoms with Gasteiger partial charge >= 0.3 is 0 Å². The number of phenols is 1. The molecule has 2 heterocycles. The first-order valence-corrected chi connectivity index (χ1v) is 9.55. The number of carbonyl (C=O) groups is 1. The summed E-state index contributed by atoms with van der Waals surface area (Å²) in [6, 6.07) is 17.2. The van der Waals surface area contributed by atoms with Gasteiger partial charge in [0, 0.05) is 24.5 Å². The number of aromatic hydroxyl groups is 1. The van der Waals surface area contributed by atoms with Crippen LogP contribution in [0.15, 0.2) is 78.2 Å². The lowest BCUT2D eigenvalue weighted by Crippen LogP contribution is -2.54. The van der Waals surface area contributed by atoms with Gasteiger partial charge in [0.1, 0.15) is 11.4 Å². The first kappa shape index (κ1) is 19.0. The summed E-state index contributed by atoms with van der Waals surface area (Å²) in [6.45, 7) is 2.46. The van der Waals surface area contributed by atoms with E-state index in [4.69, 9.17) is 4.99 Å². The Hall–Kier alpha value is -3.38. The van der Waals surface area contributed by atoms with Crippen LogP contribution in [0.2, 0.25) is 0 Å². The number of ketones is 1. The number of para-hydroxylation sites is 1. The number of Topliss-reactive ketones (excluding diaryl/α,β-unsaturated/α-hetero) is 1. The summed E-state index contributed by atoms with van der Waals surface area (Å²) >= 11 is 0. The average Bonchev–Trinajstić information content (AvgIpc) is 2.76. The van der Waals surface area contributed by atoms with E-state index in [0.717, 1.165) is 12.0 Å². The lowest BCUT2D eigenvalue weighted by molar-refractivity contribution is -0.116. The first-order chi connectivity index (χ1) is 14.1. The molecule has 1 aliphatic rings. The van der Waals surface area contributed by atoms with Crippen molar-refractivity contribution >= 4 is 11.5 Å². The first-order valence-electron chi connectivity index (χ1n) is 9.55. The number of benzene rings is 2. The Balaban J connectivity index is 1.87. The molecule has 1 atom stereocenters. The Bertz CT molecular complexity index is 1040. The van der Waals surface area contributed by atoms with E-state index in [0.29, 0.717) is 23.5 Å². The number of nitrogens with zero attached hydrogens (tertiary/aromatic N) is 4. The monoisotopic (exact) mass is 386 g/mol. The van der Waals surface area contributed by atoms with Crippen LogP contribution in [-0.4, -0.2) is 44.6 Å². The third-order valence-electron chi connectivity index (χ3n) is 5.24. The standard InChI is InChI=1S/C23H22N4O2/c1-17-21(29)16-27(14-11-18-7-3-2-4-8-18)23(26-17,22-15-24-12-13-25-22)19-9-5-6-10-20(19)28/h2-10,12-13,15,28H,11,14,16H2,1H3. The molecule has 0 radical (unpaired) electrons. The number of rotatable bonds is 5. The largest absolute Gasteiger partial charge is 0.508 e. The van der Waals surface area contributed by atoms with Crippen molar-refractivity contribution in [2.24, 2.45) is 4.99 Å². The normalized spacial score (nSPS) is 19.8. The molecule has 6 heteroatoms. The van der Waals surface area contributed by atoms with Crippen LogP contribution < -0.4 is 0 Å². The third kappa shape index (κ3) is 3.54. The average molecular weight is 386 g/mol. The Labute approximate surface area is 169 Å². The van der Waals surface area contributed by atoms with Gasteiger partial charge in [0.25, 0.3) is 0 Å². The van der Waals surface area contributed by atoms with Crippen LogP contribution in [0.4, 0.5) is 0 Å². The van der Waals surface area contributed by atoms with Crippen molar-refractivity contribution in [3.8, 4) is 5.75 Å². The molecule has 4 rings (SSSR count). The van der Waals surface area contributed by atoms with Crippen molar-refractivity contribution in [2.75, 3.05) is 13.1 Å². The van der Waals surface area contributed by atoms with Gasteiger partial charge in [0.2, 0.25) is 0 Å². The SMILES string of the molecule is CC1=NC(c2cnccn2)(c2ccccc2O)N(CCc2ccccc2)CC1=O. The van der Waals surface area contributed by atoms with E-state index in [1.807, 2.05) is 35.2 Å². The summed E-state index contributed by atoms with van der Waals surface area (Å²) in [5, 5.41) is 10.7. The number of aromatic nitrogens is 2. The van der Waals surface area contributed by atoms with Gasteiger partial charge in [0.05, 0.1) is 18.5 Å². The second-order valence-corrected chi connectivity index (χ2v) is 7.06. The number of carbonyl (C=O) groups excluding carboxylic acids is 1. The zero-order chi connectivity index (χ0) is 20.3. The van der Waals surface area contributed by atoms with Crippen LogP contribution in [0.25, 0.3) is 0 Å². The van der Waals surface area contributed by atoms with Crippen LogP contribution >= 0.6 is 0 Å². The Morgan fingerprint density at radius 3 is 2.55 bits per heavy atom. The molecule has 29 heavy (non-hydrogen) atoms. The minimum atomic E-state index is -1.12. The van der Waals surface area contributed by atoms with Gasteiger partial charge < -0.3 is 5.11 Å². The van der Waals surface area contributed by atoms with Gasteiger partial charge in [0.15, 0.2) is 11.4 Å². The zero-order valence-corrected chi connectivity index (χ0v) is 16.2. The molecule has 1 aromatic heterocycles. The molecule has 0 spiro atoms. The Kier molecular flexibility index (Phi) is 5.18. The lowest BCUT2D eigenvalue weighted by Gasteiger charge is -2.43. The molecular weight excluding hydrogens is 364 g/mol. The molecule has 0 aliphatic carbocycles. The number of hydrogen-bond acceptors (Lipinski definition) is 6. The van der Waals surface area contributed by atoms with Gasteiger partial charge in [-0.3, -0.25) is 24.7 Å². The molecule has 0 fully saturated rings. The van der Waals surface area contributed by atoms with Crippen LogP contribution in [0, 0.1) is 0 Å². The minimum absolute atomic E-state index is 0.0343. The highest BCUT2D eigenvalue weighted by Gasteiger charge is 2.47. The highest BCUT2D eigenvalue weighted by molar-refractivity contribution is 6.40. The maximum Gasteiger partial charge on any atom is 0.190 e. The maximum absolute atomic E-state index is 12.6. The zero-order valence-electron chi connectivity index (χ0n) is 16.2. The molecule has 3 aromatic rings. The Morgan fingerprint density at radius 1 is 1.07 bits per heavy atom. The molecule has 0 amide bonds. The predicted octanol–water partition coefficient (Wildman–Crippen LogP) is 2.97. The molecule has 146 valence electrons. The number of phenolic OH excluding ortho intramolecular Hbond substituents is 1. The van der Waals surface area contributed by atoms with Crippen molar-refractivity contribution in [3.05, 3.63) is 90.0 Å². The van der Waals surface area contributed by atoms with Crippen molar-refractivity contribution in [1.82, 2.24) is 14.9 Å². The molecule has 1 N–H and O–H groups in total. The topological polar surface area (TPSA) is 78.7 Å². The fraction of sp³-hybridized carbons (Fsp3) is 0.217.